The molecule has 0 aliphatic carbocycles. The average molecular weight is 205 g/mol. The molecule has 1 aromatic carbocycles. The summed E-state index contributed by atoms with van der Waals surface area (Å²) in [5.41, 5.74) is 7.24. The predicted molar refractivity (Wildman–Crippen MR) is 61.7 cm³/mol. The molecule has 2 rings (SSSR count). The lowest BCUT2D eigenvalue weighted by Gasteiger charge is -2.37. The molecular weight excluding hydrogens is 186 g/mol. The Balaban J connectivity index is 2.04. The van der Waals surface area contributed by atoms with Crippen molar-refractivity contribution in [1.29, 1.82) is 0 Å². The van der Waals surface area contributed by atoms with Gasteiger partial charge in [0.15, 0.2) is 0 Å². The summed E-state index contributed by atoms with van der Waals surface area (Å²) in [6.45, 7) is 2.96. The van der Waals surface area contributed by atoms with Gasteiger partial charge < -0.3 is 10.5 Å². The van der Waals surface area contributed by atoms with Crippen LogP contribution in [0.1, 0.15) is 25.3 Å². The molecule has 82 valence electrons. The zero-order valence-electron chi connectivity index (χ0n) is 9.28. The van der Waals surface area contributed by atoms with E-state index in [0.717, 1.165) is 25.9 Å². The van der Waals surface area contributed by atoms with Crippen LogP contribution in [0.15, 0.2) is 30.3 Å². The molecule has 0 radical (unpaired) electrons. The maximum Gasteiger partial charge on any atom is 0.0709 e. The fraction of sp³-hybridized carbons (Fsp3) is 0.538. The highest BCUT2D eigenvalue weighted by Gasteiger charge is 2.31. The van der Waals surface area contributed by atoms with Gasteiger partial charge in [0.1, 0.15) is 0 Å². The van der Waals surface area contributed by atoms with Crippen LogP contribution in [0.4, 0.5) is 0 Å². The Morgan fingerprint density at radius 1 is 1.40 bits per heavy atom. The summed E-state index contributed by atoms with van der Waals surface area (Å²) in [6, 6.07) is 10.8. The van der Waals surface area contributed by atoms with E-state index in [1.165, 1.54) is 5.56 Å². The standard InChI is InChI=1S/C13H19NO/c1-13(10-12(14)7-8-15-13)9-11-5-3-2-4-6-11/h2-6,12H,7-10,14H2,1H3. The van der Waals surface area contributed by atoms with Gasteiger partial charge in [-0.3, -0.25) is 0 Å². The smallest absolute Gasteiger partial charge is 0.0709 e. The van der Waals surface area contributed by atoms with Gasteiger partial charge in [0.25, 0.3) is 0 Å². The molecule has 0 saturated carbocycles. The first-order valence-electron chi connectivity index (χ1n) is 5.61. The highest BCUT2D eigenvalue weighted by atomic mass is 16.5. The number of hydrogen-bond acceptors (Lipinski definition) is 2. The van der Waals surface area contributed by atoms with Crippen LogP contribution in [0.25, 0.3) is 0 Å². The minimum absolute atomic E-state index is 0.0704. The molecule has 1 saturated heterocycles. The molecule has 1 aliphatic heterocycles. The molecule has 2 heteroatoms. The zero-order chi connectivity index (χ0) is 10.7. The van der Waals surface area contributed by atoms with Gasteiger partial charge in [-0.05, 0) is 25.3 Å². The molecule has 0 bridgehead atoms. The molecule has 1 heterocycles. The van der Waals surface area contributed by atoms with Crippen molar-refractivity contribution in [1.82, 2.24) is 0 Å². The summed E-state index contributed by atoms with van der Waals surface area (Å²) in [6.07, 6.45) is 2.91. The SMILES string of the molecule is CC1(Cc2ccccc2)CC(N)CCO1. The Labute approximate surface area is 91.4 Å². The number of rotatable bonds is 2. The van der Waals surface area contributed by atoms with Gasteiger partial charge in [0, 0.05) is 19.1 Å². The first-order valence-corrected chi connectivity index (χ1v) is 5.61. The van der Waals surface area contributed by atoms with E-state index in [4.69, 9.17) is 10.5 Å². The minimum atomic E-state index is -0.0704. The molecule has 2 unspecified atom stereocenters. The number of ether oxygens (including phenoxy) is 1. The molecule has 1 aromatic rings. The van der Waals surface area contributed by atoms with Crippen LogP contribution in [0, 0.1) is 0 Å². The molecule has 1 aliphatic rings. The van der Waals surface area contributed by atoms with Crippen molar-refractivity contribution >= 4 is 0 Å². The van der Waals surface area contributed by atoms with E-state index in [0.29, 0.717) is 6.04 Å². The second-order valence-electron chi connectivity index (χ2n) is 4.71. The minimum Gasteiger partial charge on any atom is -0.375 e. The molecular formula is C13H19NO. The summed E-state index contributed by atoms with van der Waals surface area (Å²) in [4.78, 5) is 0. The highest BCUT2D eigenvalue weighted by Crippen LogP contribution is 2.27. The normalized spacial score (nSPS) is 31.5. The maximum absolute atomic E-state index is 5.98. The predicted octanol–water partition coefficient (Wildman–Crippen LogP) is 2.13. The van der Waals surface area contributed by atoms with E-state index in [1.807, 2.05) is 6.07 Å². The van der Waals surface area contributed by atoms with Crippen molar-refractivity contribution in [2.75, 3.05) is 6.61 Å². The van der Waals surface area contributed by atoms with Crippen molar-refractivity contribution in [2.45, 2.75) is 37.8 Å². The average Bonchev–Trinajstić information content (AvgIpc) is 2.18. The van der Waals surface area contributed by atoms with Crippen molar-refractivity contribution in [2.24, 2.45) is 5.73 Å². The lowest BCUT2D eigenvalue weighted by Crippen LogP contribution is -2.44. The second-order valence-corrected chi connectivity index (χ2v) is 4.71. The third-order valence-corrected chi connectivity index (χ3v) is 3.05. The Morgan fingerprint density at radius 3 is 2.80 bits per heavy atom. The third-order valence-electron chi connectivity index (χ3n) is 3.05. The molecule has 15 heavy (non-hydrogen) atoms. The van der Waals surface area contributed by atoms with E-state index < -0.39 is 0 Å². The summed E-state index contributed by atoms with van der Waals surface area (Å²) in [5, 5.41) is 0. The Morgan fingerprint density at radius 2 is 2.13 bits per heavy atom. The molecule has 1 fully saturated rings. The van der Waals surface area contributed by atoms with Gasteiger partial charge in [0.2, 0.25) is 0 Å². The molecule has 0 amide bonds. The van der Waals surface area contributed by atoms with E-state index >= 15 is 0 Å². The summed E-state index contributed by atoms with van der Waals surface area (Å²) < 4.78 is 5.86. The van der Waals surface area contributed by atoms with Crippen LogP contribution in [-0.2, 0) is 11.2 Å². The monoisotopic (exact) mass is 205 g/mol. The van der Waals surface area contributed by atoms with Gasteiger partial charge in [0.05, 0.1) is 5.60 Å². The van der Waals surface area contributed by atoms with E-state index in [2.05, 4.69) is 31.2 Å². The van der Waals surface area contributed by atoms with E-state index in [-0.39, 0.29) is 5.60 Å². The Bertz CT molecular complexity index is 312. The third kappa shape index (κ3) is 2.80. The largest absolute Gasteiger partial charge is 0.375 e. The lowest BCUT2D eigenvalue weighted by atomic mass is 9.87. The van der Waals surface area contributed by atoms with Crippen LogP contribution in [0.3, 0.4) is 0 Å². The van der Waals surface area contributed by atoms with Gasteiger partial charge in [-0.1, -0.05) is 30.3 Å². The number of nitrogens with two attached hydrogens (primary N) is 1. The zero-order valence-corrected chi connectivity index (χ0v) is 9.28. The van der Waals surface area contributed by atoms with Crippen molar-refractivity contribution < 1.29 is 4.74 Å². The van der Waals surface area contributed by atoms with Crippen molar-refractivity contribution in [3.05, 3.63) is 35.9 Å². The number of benzene rings is 1. The molecule has 0 aromatic heterocycles. The summed E-state index contributed by atoms with van der Waals surface area (Å²) >= 11 is 0. The van der Waals surface area contributed by atoms with Crippen molar-refractivity contribution in [3.63, 3.8) is 0 Å². The first-order chi connectivity index (χ1) is 7.18. The van der Waals surface area contributed by atoms with Crippen LogP contribution in [0.2, 0.25) is 0 Å². The van der Waals surface area contributed by atoms with Gasteiger partial charge in [-0.2, -0.15) is 0 Å². The fourth-order valence-corrected chi connectivity index (χ4v) is 2.32. The Hall–Kier alpha value is -0.860. The summed E-state index contributed by atoms with van der Waals surface area (Å²) in [7, 11) is 0. The van der Waals surface area contributed by atoms with Gasteiger partial charge >= 0.3 is 0 Å². The van der Waals surface area contributed by atoms with Gasteiger partial charge in [-0.25, -0.2) is 0 Å². The number of hydrogen-bond donors (Lipinski definition) is 1. The maximum atomic E-state index is 5.98. The Kier molecular flexibility index (Phi) is 3.08. The van der Waals surface area contributed by atoms with E-state index in [1.54, 1.807) is 0 Å². The van der Waals surface area contributed by atoms with Crippen LogP contribution in [-0.4, -0.2) is 18.2 Å². The van der Waals surface area contributed by atoms with Crippen LogP contribution >= 0.6 is 0 Å². The molecule has 2 nitrogen and oxygen atoms in total. The first kappa shape index (κ1) is 10.7. The van der Waals surface area contributed by atoms with E-state index in [9.17, 15) is 0 Å². The summed E-state index contributed by atoms with van der Waals surface area (Å²) in [5.74, 6) is 0. The molecule has 0 spiro atoms. The topological polar surface area (TPSA) is 35.2 Å². The van der Waals surface area contributed by atoms with Gasteiger partial charge in [-0.15, -0.1) is 0 Å². The van der Waals surface area contributed by atoms with Crippen LogP contribution < -0.4 is 5.73 Å². The lowest BCUT2D eigenvalue weighted by molar-refractivity contribution is -0.0706. The quantitative estimate of drug-likeness (QED) is 0.802. The second kappa shape index (κ2) is 4.33. The fourth-order valence-electron chi connectivity index (χ4n) is 2.32. The van der Waals surface area contributed by atoms with Crippen molar-refractivity contribution in [3.8, 4) is 0 Å². The highest BCUT2D eigenvalue weighted by molar-refractivity contribution is 5.17. The van der Waals surface area contributed by atoms with Crippen LogP contribution in [0.5, 0.6) is 0 Å². The molecule has 2 atom stereocenters. The molecule has 2 N–H and O–H groups in total.